The van der Waals surface area contributed by atoms with E-state index >= 15 is 0 Å². The summed E-state index contributed by atoms with van der Waals surface area (Å²) in [5, 5.41) is 0. The zero-order valence-electron chi connectivity index (χ0n) is 15.3. The van der Waals surface area contributed by atoms with Crippen LogP contribution in [0.1, 0.15) is 62.8 Å². The van der Waals surface area contributed by atoms with Crippen molar-refractivity contribution in [2.45, 2.75) is 63.4 Å². The van der Waals surface area contributed by atoms with Crippen molar-refractivity contribution in [3.05, 3.63) is 29.8 Å². The van der Waals surface area contributed by atoms with Crippen molar-refractivity contribution in [1.29, 1.82) is 0 Å². The van der Waals surface area contributed by atoms with Gasteiger partial charge < -0.3 is 9.64 Å². The number of hydrogen-bond acceptors (Lipinski definition) is 4. The number of fused-ring (bicyclic) bond motifs is 1. The van der Waals surface area contributed by atoms with E-state index in [1.54, 1.807) is 0 Å². The minimum absolute atomic E-state index is 0.0748. The summed E-state index contributed by atoms with van der Waals surface area (Å²) >= 11 is 0. The largest absolute Gasteiger partial charge is 0.490 e. The molecule has 0 spiro atoms. The van der Waals surface area contributed by atoms with Crippen LogP contribution in [0.2, 0.25) is 0 Å². The molecule has 4 rings (SSSR count). The van der Waals surface area contributed by atoms with Crippen molar-refractivity contribution in [2.24, 2.45) is 4.40 Å². The molecule has 1 aromatic carbocycles. The topological polar surface area (TPSA) is 59.0 Å². The predicted molar refractivity (Wildman–Crippen MR) is 103 cm³/mol. The molecule has 1 unspecified atom stereocenters. The monoisotopic (exact) mass is 376 g/mol. The summed E-state index contributed by atoms with van der Waals surface area (Å²) < 4.78 is 34.2. The molecule has 0 amide bonds. The molecule has 1 saturated carbocycles. The van der Waals surface area contributed by atoms with Crippen LogP contribution in [-0.4, -0.2) is 44.1 Å². The van der Waals surface area contributed by atoms with Gasteiger partial charge in [-0.3, -0.25) is 0 Å². The van der Waals surface area contributed by atoms with Gasteiger partial charge in [-0.05, 0) is 56.2 Å². The van der Waals surface area contributed by atoms with E-state index in [1.165, 1.54) is 25.7 Å². The SMILES string of the molecule is O=S1(=O)CCN2CCCC(c3ccc(OC4CCCCCC4)cc3)C2=N1. The Balaban J connectivity index is 1.49. The average Bonchev–Trinajstić information content (AvgIpc) is 2.90. The predicted octanol–water partition coefficient (Wildman–Crippen LogP) is 3.71. The van der Waals surface area contributed by atoms with E-state index < -0.39 is 10.0 Å². The summed E-state index contributed by atoms with van der Waals surface area (Å²) in [6.45, 7) is 1.48. The minimum atomic E-state index is -3.30. The van der Waals surface area contributed by atoms with Gasteiger partial charge in [0.25, 0.3) is 10.0 Å². The van der Waals surface area contributed by atoms with Crippen LogP contribution >= 0.6 is 0 Å². The number of piperidine rings is 1. The van der Waals surface area contributed by atoms with Crippen LogP contribution in [0, 0.1) is 0 Å². The van der Waals surface area contributed by atoms with Crippen molar-refractivity contribution in [1.82, 2.24) is 4.90 Å². The Bertz CT molecular complexity index is 750. The van der Waals surface area contributed by atoms with Crippen LogP contribution in [-0.2, 0) is 10.0 Å². The molecule has 1 saturated heterocycles. The third-order valence-corrected chi connectivity index (χ3v) is 6.96. The molecular formula is C20H28N2O3S. The molecule has 3 aliphatic rings. The Morgan fingerprint density at radius 1 is 0.923 bits per heavy atom. The molecule has 1 aromatic rings. The summed E-state index contributed by atoms with van der Waals surface area (Å²) in [7, 11) is -3.30. The van der Waals surface area contributed by atoms with Gasteiger partial charge in [-0.15, -0.1) is 4.40 Å². The van der Waals surface area contributed by atoms with Crippen LogP contribution in [0.5, 0.6) is 5.75 Å². The molecule has 142 valence electrons. The number of amidine groups is 1. The van der Waals surface area contributed by atoms with E-state index in [2.05, 4.69) is 21.4 Å². The van der Waals surface area contributed by atoms with Gasteiger partial charge in [-0.25, -0.2) is 8.42 Å². The van der Waals surface area contributed by atoms with Gasteiger partial charge in [0.05, 0.1) is 11.9 Å². The van der Waals surface area contributed by atoms with Gasteiger partial charge >= 0.3 is 0 Å². The zero-order chi connectivity index (χ0) is 18.0. The highest BCUT2D eigenvalue weighted by molar-refractivity contribution is 7.90. The first-order valence-corrected chi connectivity index (χ1v) is 11.6. The molecule has 26 heavy (non-hydrogen) atoms. The molecule has 2 heterocycles. The maximum absolute atomic E-state index is 12.0. The summed E-state index contributed by atoms with van der Waals surface area (Å²) in [5.74, 6) is 1.87. The summed E-state index contributed by atoms with van der Waals surface area (Å²) in [5.41, 5.74) is 1.14. The molecule has 0 bridgehead atoms. The van der Waals surface area contributed by atoms with Gasteiger partial charge in [0, 0.05) is 19.0 Å². The molecule has 2 fully saturated rings. The second-order valence-corrected chi connectivity index (χ2v) is 9.47. The second kappa shape index (κ2) is 7.59. The smallest absolute Gasteiger partial charge is 0.256 e. The van der Waals surface area contributed by atoms with E-state index in [0.29, 0.717) is 12.6 Å². The van der Waals surface area contributed by atoms with E-state index in [-0.39, 0.29) is 11.7 Å². The number of sulfonamides is 1. The Morgan fingerprint density at radius 2 is 1.65 bits per heavy atom. The third kappa shape index (κ3) is 4.05. The lowest BCUT2D eigenvalue weighted by atomic mass is 9.89. The molecule has 0 radical (unpaired) electrons. The first-order chi connectivity index (χ1) is 12.6. The van der Waals surface area contributed by atoms with E-state index in [9.17, 15) is 8.42 Å². The summed E-state index contributed by atoms with van der Waals surface area (Å²) in [4.78, 5) is 2.14. The lowest BCUT2D eigenvalue weighted by Gasteiger charge is -2.37. The van der Waals surface area contributed by atoms with E-state index in [4.69, 9.17) is 4.74 Å². The minimum Gasteiger partial charge on any atom is -0.490 e. The number of benzene rings is 1. The average molecular weight is 377 g/mol. The van der Waals surface area contributed by atoms with Crippen molar-refractivity contribution in [3.8, 4) is 5.75 Å². The van der Waals surface area contributed by atoms with Crippen molar-refractivity contribution in [2.75, 3.05) is 18.8 Å². The molecule has 2 aliphatic heterocycles. The van der Waals surface area contributed by atoms with Crippen LogP contribution < -0.4 is 4.74 Å². The second-order valence-electron chi connectivity index (χ2n) is 7.72. The lowest BCUT2D eigenvalue weighted by Crippen LogP contribution is -2.46. The number of nitrogens with zero attached hydrogens (tertiary/aromatic N) is 2. The van der Waals surface area contributed by atoms with Crippen LogP contribution in [0.4, 0.5) is 0 Å². The Labute approximate surface area is 156 Å². The highest BCUT2D eigenvalue weighted by Crippen LogP contribution is 2.32. The fourth-order valence-corrected chi connectivity index (χ4v) is 5.43. The van der Waals surface area contributed by atoms with Crippen molar-refractivity contribution >= 4 is 15.9 Å². The van der Waals surface area contributed by atoms with E-state index in [0.717, 1.165) is 49.4 Å². The van der Waals surface area contributed by atoms with Crippen LogP contribution in [0.25, 0.3) is 0 Å². The van der Waals surface area contributed by atoms with Gasteiger partial charge in [0.15, 0.2) is 0 Å². The van der Waals surface area contributed by atoms with Crippen LogP contribution in [0.3, 0.4) is 0 Å². The number of hydrogen-bond donors (Lipinski definition) is 0. The molecule has 0 N–H and O–H groups in total. The highest BCUT2D eigenvalue weighted by atomic mass is 32.2. The molecule has 6 heteroatoms. The molecule has 0 aromatic heterocycles. The first kappa shape index (κ1) is 17.8. The summed E-state index contributed by atoms with van der Waals surface area (Å²) in [6.07, 6.45) is 9.81. The fraction of sp³-hybridized carbons (Fsp3) is 0.650. The first-order valence-electron chi connectivity index (χ1n) is 9.95. The molecule has 1 aliphatic carbocycles. The Kier molecular flexibility index (Phi) is 5.20. The van der Waals surface area contributed by atoms with Gasteiger partial charge in [0.1, 0.15) is 11.6 Å². The third-order valence-electron chi connectivity index (χ3n) is 5.80. The number of ether oxygens (including phenoxy) is 1. The normalized spacial score (nSPS) is 26.5. The van der Waals surface area contributed by atoms with Gasteiger partial charge in [0.2, 0.25) is 0 Å². The maximum atomic E-state index is 12.0. The maximum Gasteiger partial charge on any atom is 0.256 e. The van der Waals surface area contributed by atoms with E-state index in [1.807, 2.05) is 12.1 Å². The van der Waals surface area contributed by atoms with Gasteiger partial charge in [-0.2, -0.15) is 0 Å². The fourth-order valence-electron chi connectivity index (χ4n) is 4.36. The molecular weight excluding hydrogens is 348 g/mol. The zero-order valence-corrected chi connectivity index (χ0v) is 16.1. The Hall–Kier alpha value is -1.56. The van der Waals surface area contributed by atoms with Gasteiger partial charge in [-0.1, -0.05) is 25.0 Å². The molecule has 1 atom stereocenters. The lowest BCUT2D eigenvalue weighted by molar-refractivity contribution is 0.183. The Morgan fingerprint density at radius 3 is 2.38 bits per heavy atom. The van der Waals surface area contributed by atoms with Crippen molar-refractivity contribution < 1.29 is 13.2 Å². The summed E-state index contributed by atoms with van der Waals surface area (Å²) in [6, 6.07) is 8.25. The van der Waals surface area contributed by atoms with Crippen LogP contribution in [0.15, 0.2) is 28.7 Å². The van der Waals surface area contributed by atoms with Crippen molar-refractivity contribution in [3.63, 3.8) is 0 Å². The highest BCUT2D eigenvalue weighted by Gasteiger charge is 2.33. The standard InChI is InChI=1S/C20H28N2O3S/c23-26(24)15-14-22-13-5-8-19(20(22)21-26)16-9-11-18(12-10-16)25-17-6-3-1-2-4-7-17/h9-12,17,19H,1-8,13-15H2. The number of rotatable bonds is 3. The molecule has 5 nitrogen and oxygen atoms in total. The quantitative estimate of drug-likeness (QED) is 0.755.